The maximum absolute atomic E-state index is 10.7. The van der Waals surface area contributed by atoms with Crippen LogP contribution in [0.1, 0.15) is 33.4 Å². The van der Waals surface area contributed by atoms with Gasteiger partial charge in [-0.05, 0) is 41.8 Å². The maximum atomic E-state index is 10.7. The van der Waals surface area contributed by atoms with Gasteiger partial charge in [0.15, 0.2) is 0 Å². The number of hydrogen-bond acceptors (Lipinski definition) is 7. The van der Waals surface area contributed by atoms with Crippen LogP contribution in [0, 0.1) is 0 Å². The van der Waals surface area contributed by atoms with Gasteiger partial charge in [-0.2, -0.15) is 0 Å². The summed E-state index contributed by atoms with van der Waals surface area (Å²) in [7, 11) is 0. The lowest BCUT2D eigenvalue weighted by Crippen LogP contribution is -2.63. The Morgan fingerprint density at radius 1 is 1.18 bits per heavy atom. The van der Waals surface area contributed by atoms with Crippen molar-refractivity contribution >= 4 is 22.9 Å². The Morgan fingerprint density at radius 2 is 1.93 bits per heavy atom. The average molecular weight is 427 g/mol. The first-order valence-electron chi connectivity index (χ1n) is 9.25. The van der Waals surface area contributed by atoms with Crippen molar-refractivity contribution in [2.24, 2.45) is 0 Å². The second-order valence-corrected chi connectivity index (χ2v) is 8.88. The van der Waals surface area contributed by atoms with E-state index in [1.165, 1.54) is 9.75 Å². The van der Waals surface area contributed by atoms with Gasteiger partial charge >= 0.3 is 0 Å². The Labute approximate surface area is 171 Å². The van der Waals surface area contributed by atoms with Crippen LogP contribution in [0.2, 0.25) is 5.02 Å². The molecule has 152 valence electrons. The molecule has 0 radical (unpaired) electrons. The predicted molar refractivity (Wildman–Crippen MR) is 104 cm³/mol. The molecule has 3 heterocycles. The van der Waals surface area contributed by atoms with Crippen LogP contribution >= 0.6 is 22.9 Å². The van der Waals surface area contributed by atoms with Crippen LogP contribution < -0.4 is 0 Å². The molecule has 5 atom stereocenters. The molecule has 0 saturated carbocycles. The summed E-state index contributed by atoms with van der Waals surface area (Å²) < 4.78 is 11.6. The maximum Gasteiger partial charge on any atom is 0.225 e. The van der Waals surface area contributed by atoms with Crippen molar-refractivity contribution < 1.29 is 29.9 Å². The first kappa shape index (κ1) is 20.3. The lowest BCUT2D eigenvalue weighted by Gasteiger charge is -2.46. The molecule has 1 spiro atoms. The van der Waals surface area contributed by atoms with Crippen LogP contribution in [0.5, 0.6) is 0 Å². The first-order chi connectivity index (χ1) is 13.4. The van der Waals surface area contributed by atoms with E-state index in [0.29, 0.717) is 17.0 Å². The second kappa shape index (κ2) is 7.66. The van der Waals surface area contributed by atoms with Gasteiger partial charge in [0.25, 0.3) is 0 Å². The molecule has 28 heavy (non-hydrogen) atoms. The summed E-state index contributed by atoms with van der Waals surface area (Å²) in [4.78, 5) is 2.46. The van der Waals surface area contributed by atoms with Gasteiger partial charge in [0.2, 0.25) is 5.79 Å². The van der Waals surface area contributed by atoms with E-state index in [0.717, 1.165) is 17.5 Å². The van der Waals surface area contributed by atoms with E-state index in [1.807, 2.05) is 6.07 Å². The van der Waals surface area contributed by atoms with Crippen molar-refractivity contribution in [1.29, 1.82) is 0 Å². The lowest BCUT2D eigenvalue weighted by atomic mass is 9.86. The quantitative estimate of drug-likeness (QED) is 0.594. The fourth-order valence-electron chi connectivity index (χ4n) is 3.88. The zero-order valence-electron chi connectivity index (χ0n) is 15.3. The summed E-state index contributed by atoms with van der Waals surface area (Å²) in [6.07, 6.45) is -3.91. The SMILES string of the molecule is CCc1ccc(Cc2cc3c(cc2Cl)CO[C@]32O[C@H](CO)[C@@H](O)[C@H](O)[C@H]2O)s1. The number of aryl methyl sites for hydroxylation is 1. The third kappa shape index (κ3) is 3.20. The van der Waals surface area contributed by atoms with E-state index < -0.39 is 36.8 Å². The molecule has 1 saturated heterocycles. The molecule has 0 aliphatic carbocycles. The van der Waals surface area contributed by atoms with Gasteiger partial charge < -0.3 is 29.9 Å². The van der Waals surface area contributed by atoms with Crippen LogP contribution in [0.4, 0.5) is 0 Å². The summed E-state index contributed by atoms with van der Waals surface area (Å²) in [5.74, 6) is -1.65. The summed E-state index contributed by atoms with van der Waals surface area (Å²) in [5, 5.41) is 41.1. The first-order valence-corrected chi connectivity index (χ1v) is 10.4. The number of halogens is 1. The molecule has 0 unspecified atom stereocenters. The number of thiophene rings is 1. The van der Waals surface area contributed by atoms with Gasteiger partial charge in [0.1, 0.15) is 24.4 Å². The zero-order valence-corrected chi connectivity index (χ0v) is 16.9. The highest BCUT2D eigenvalue weighted by atomic mass is 35.5. The van der Waals surface area contributed by atoms with Crippen molar-refractivity contribution in [3.63, 3.8) is 0 Å². The fourth-order valence-corrected chi connectivity index (χ4v) is 5.11. The van der Waals surface area contributed by atoms with Crippen molar-refractivity contribution in [2.45, 2.75) is 56.6 Å². The molecular formula is C20H23ClO6S. The Hall–Kier alpha value is -1.03. The van der Waals surface area contributed by atoms with Gasteiger partial charge in [-0.3, -0.25) is 0 Å². The third-order valence-electron chi connectivity index (χ3n) is 5.47. The van der Waals surface area contributed by atoms with Crippen molar-refractivity contribution in [3.8, 4) is 0 Å². The molecule has 0 bridgehead atoms. The second-order valence-electron chi connectivity index (χ2n) is 7.22. The Morgan fingerprint density at radius 3 is 2.61 bits per heavy atom. The average Bonchev–Trinajstić information content (AvgIpc) is 3.29. The van der Waals surface area contributed by atoms with Crippen molar-refractivity contribution in [1.82, 2.24) is 0 Å². The number of fused-ring (bicyclic) bond motifs is 2. The third-order valence-corrected chi connectivity index (χ3v) is 7.05. The predicted octanol–water partition coefficient (Wildman–Crippen LogP) is 1.71. The normalized spacial score (nSPS) is 32.1. The highest BCUT2D eigenvalue weighted by Gasteiger charge is 2.58. The minimum Gasteiger partial charge on any atom is -0.394 e. The van der Waals surface area contributed by atoms with Gasteiger partial charge in [-0.1, -0.05) is 18.5 Å². The Bertz CT molecular complexity index is 868. The van der Waals surface area contributed by atoms with E-state index in [9.17, 15) is 20.4 Å². The number of ether oxygens (including phenoxy) is 2. The van der Waals surface area contributed by atoms with Crippen LogP contribution in [0.3, 0.4) is 0 Å². The minimum absolute atomic E-state index is 0.145. The molecule has 4 N–H and O–H groups in total. The number of aliphatic hydroxyl groups excluding tert-OH is 4. The molecule has 6 nitrogen and oxygen atoms in total. The van der Waals surface area contributed by atoms with Crippen LogP contribution in [-0.4, -0.2) is 51.4 Å². The molecule has 1 aromatic carbocycles. The largest absolute Gasteiger partial charge is 0.394 e. The van der Waals surface area contributed by atoms with Crippen LogP contribution in [0.25, 0.3) is 0 Å². The minimum atomic E-state index is -1.65. The van der Waals surface area contributed by atoms with Gasteiger partial charge in [0.05, 0.1) is 13.2 Å². The number of aliphatic hydroxyl groups is 4. The number of hydrogen-bond donors (Lipinski definition) is 4. The van der Waals surface area contributed by atoms with E-state index in [1.54, 1.807) is 17.4 Å². The molecule has 2 aliphatic rings. The topological polar surface area (TPSA) is 99.4 Å². The van der Waals surface area contributed by atoms with Gasteiger partial charge in [-0.25, -0.2) is 0 Å². The molecule has 8 heteroatoms. The summed E-state index contributed by atoms with van der Waals surface area (Å²) in [6.45, 7) is 1.74. The molecule has 0 amide bonds. The van der Waals surface area contributed by atoms with E-state index in [4.69, 9.17) is 21.1 Å². The molecule has 2 aliphatic heterocycles. The smallest absolute Gasteiger partial charge is 0.225 e. The Balaban J connectivity index is 1.72. The van der Waals surface area contributed by atoms with Gasteiger partial charge in [0, 0.05) is 26.8 Å². The monoisotopic (exact) mass is 426 g/mol. The lowest BCUT2D eigenvalue weighted by molar-refractivity contribution is -0.368. The Kier molecular flexibility index (Phi) is 5.54. The summed E-state index contributed by atoms with van der Waals surface area (Å²) in [5.41, 5.74) is 2.16. The molecule has 4 rings (SSSR count). The van der Waals surface area contributed by atoms with E-state index >= 15 is 0 Å². The van der Waals surface area contributed by atoms with E-state index in [-0.39, 0.29) is 6.61 Å². The summed E-state index contributed by atoms with van der Waals surface area (Å²) >= 11 is 8.21. The molecule has 1 aromatic heterocycles. The highest BCUT2D eigenvalue weighted by molar-refractivity contribution is 7.12. The summed E-state index contributed by atoms with van der Waals surface area (Å²) in [6, 6.07) is 7.80. The zero-order chi connectivity index (χ0) is 20.1. The van der Waals surface area contributed by atoms with Crippen LogP contribution in [-0.2, 0) is 34.7 Å². The van der Waals surface area contributed by atoms with E-state index in [2.05, 4.69) is 19.1 Å². The highest BCUT2D eigenvalue weighted by Crippen LogP contribution is 2.47. The van der Waals surface area contributed by atoms with Crippen LogP contribution in [0.15, 0.2) is 24.3 Å². The molecule has 1 fully saturated rings. The van der Waals surface area contributed by atoms with Crippen molar-refractivity contribution in [2.75, 3.05) is 6.61 Å². The van der Waals surface area contributed by atoms with Crippen molar-refractivity contribution in [3.05, 3.63) is 55.7 Å². The standard InChI is InChI=1S/C20H23ClO6S/c1-2-12-3-4-13(28-12)5-10-6-14-11(7-15(10)21)9-26-20(14)19(25)18(24)17(23)16(8-22)27-20/h3-4,6-7,16-19,22-25H,2,5,8-9H2,1H3/t16-,17-,18+,19-,20+/m1/s1. The number of benzene rings is 1. The number of rotatable bonds is 4. The molecule has 2 aromatic rings. The van der Waals surface area contributed by atoms with Gasteiger partial charge in [-0.15, -0.1) is 11.3 Å². The fraction of sp³-hybridized carbons (Fsp3) is 0.500. The molecular weight excluding hydrogens is 404 g/mol.